The Labute approximate surface area is 206 Å². The van der Waals surface area contributed by atoms with Crippen LogP contribution in [0.4, 0.5) is 9.18 Å². The fourth-order valence-electron chi connectivity index (χ4n) is 3.68. The summed E-state index contributed by atoms with van der Waals surface area (Å²) in [7, 11) is 0. The molecule has 0 radical (unpaired) electrons. The smallest absolute Gasteiger partial charge is 0.408 e. The molecule has 0 saturated carbocycles. The van der Waals surface area contributed by atoms with Crippen LogP contribution < -0.4 is 5.32 Å². The number of halogens is 3. The van der Waals surface area contributed by atoms with Gasteiger partial charge < -0.3 is 24.2 Å². The average Bonchev–Trinajstić information content (AvgIpc) is 3.32. The number of nitrogens with zero attached hydrogens (tertiary/aromatic N) is 3. The van der Waals surface area contributed by atoms with Crippen molar-refractivity contribution in [2.24, 2.45) is 0 Å². The van der Waals surface area contributed by atoms with Crippen molar-refractivity contribution in [3.63, 3.8) is 0 Å². The maximum atomic E-state index is 14.0. The Hall–Kier alpha value is -2.43. The third kappa shape index (κ3) is 5.97. The van der Waals surface area contributed by atoms with E-state index in [9.17, 15) is 14.0 Å². The first-order valence-corrected chi connectivity index (χ1v) is 11.4. The molecule has 2 atom stereocenters. The van der Waals surface area contributed by atoms with E-state index in [1.165, 1.54) is 4.90 Å². The number of ether oxygens (including phenoxy) is 2. The van der Waals surface area contributed by atoms with E-state index in [-0.39, 0.29) is 18.3 Å². The summed E-state index contributed by atoms with van der Waals surface area (Å²) in [6, 6.07) is 6.01. The van der Waals surface area contributed by atoms with Crippen LogP contribution >= 0.6 is 23.2 Å². The molecule has 2 aromatic rings. The van der Waals surface area contributed by atoms with Gasteiger partial charge in [-0.2, -0.15) is 4.98 Å². The van der Waals surface area contributed by atoms with E-state index < -0.39 is 47.0 Å². The monoisotopic (exact) mass is 516 g/mol. The number of alkyl carbamates (subject to hydrolysis) is 1. The maximum Gasteiger partial charge on any atom is 0.408 e. The molecule has 1 aromatic heterocycles. The van der Waals surface area contributed by atoms with Crippen LogP contribution in [0.5, 0.6) is 0 Å². The zero-order valence-electron chi connectivity index (χ0n) is 19.5. The fraction of sp³-hybridized carbons (Fsp3) is 0.545. The minimum absolute atomic E-state index is 0.0334. The Morgan fingerprint density at radius 3 is 2.47 bits per heavy atom. The van der Waals surface area contributed by atoms with Crippen molar-refractivity contribution in [2.45, 2.75) is 69.5 Å². The number of alkyl halides is 3. The second-order valence-corrected chi connectivity index (χ2v) is 10.3. The Kier molecular flexibility index (Phi) is 7.74. The first kappa shape index (κ1) is 26.2. The van der Waals surface area contributed by atoms with Crippen LogP contribution in [0.15, 0.2) is 28.8 Å². The molecule has 0 bridgehead atoms. The van der Waals surface area contributed by atoms with Crippen molar-refractivity contribution >= 4 is 35.2 Å². The molecule has 9 nitrogen and oxygen atoms in total. The molecule has 186 valence electrons. The number of benzene rings is 1. The zero-order chi connectivity index (χ0) is 25.3. The maximum absolute atomic E-state index is 14.0. The molecule has 2 amide bonds. The van der Waals surface area contributed by atoms with Gasteiger partial charge in [0.1, 0.15) is 24.1 Å². The van der Waals surface area contributed by atoms with Gasteiger partial charge in [-0.25, -0.2) is 9.18 Å². The minimum Gasteiger partial charge on any atom is -0.444 e. The molecule has 1 saturated heterocycles. The first-order chi connectivity index (χ1) is 15.8. The molecular weight excluding hydrogens is 490 g/mol. The summed E-state index contributed by atoms with van der Waals surface area (Å²) in [6.07, 6.45) is -1.31. The standard InChI is InChI=1S/C22H27Cl2FN4O5/c1-21(2,3)33-20(31)26-11-15-27-18(34-28-15)13-8-6-12(7-9-13)16-14(10-25)29(19(30)17(23)24)22(4,5)32-16/h6-9,14,16-17H,10-11H2,1-5H3,(H,26,31)/t14?,16-/m1/s1. The van der Waals surface area contributed by atoms with Crippen molar-refractivity contribution < 1.29 is 28.0 Å². The van der Waals surface area contributed by atoms with E-state index >= 15 is 0 Å². The van der Waals surface area contributed by atoms with Crippen molar-refractivity contribution in [2.75, 3.05) is 6.67 Å². The number of hydrogen-bond donors (Lipinski definition) is 1. The number of amides is 2. The molecule has 1 aliphatic rings. The first-order valence-electron chi connectivity index (χ1n) is 10.6. The van der Waals surface area contributed by atoms with Gasteiger partial charge in [-0.05, 0) is 52.3 Å². The van der Waals surface area contributed by atoms with Crippen molar-refractivity contribution in [1.82, 2.24) is 20.4 Å². The number of hydrogen-bond acceptors (Lipinski definition) is 7. The summed E-state index contributed by atoms with van der Waals surface area (Å²) in [5.74, 6) is -0.103. The summed E-state index contributed by atoms with van der Waals surface area (Å²) >= 11 is 11.5. The summed E-state index contributed by atoms with van der Waals surface area (Å²) in [4.78, 5) is 28.4. The Morgan fingerprint density at radius 1 is 1.26 bits per heavy atom. The normalized spacial score (nSPS) is 20.0. The fourth-order valence-corrected chi connectivity index (χ4v) is 3.89. The lowest BCUT2D eigenvalue weighted by molar-refractivity contribution is -0.145. The number of carbonyl (C=O) groups excluding carboxylic acids is 2. The third-order valence-corrected chi connectivity index (χ3v) is 5.38. The van der Waals surface area contributed by atoms with Crippen LogP contribution in [-0.2, 0) is 20.8 Å². The molecular formula is C22H27Cl2FN4O5. The number of carbonyl (C=O) groups is 2. The average molecular weight is 517 g/mol. The van der Waals surface area contributed by atoms with Crippen LogP contribution in [0.2, 0.25) is 0 Å². The van der Waals surface area contributed by atoms with Gasteiger partial charge in [0.2, 0.25) is 0 Å². The zero-order valence-corrected chi connectivity index (χ0v) is 21.0. The Balaban J connectivity index is 1.71. The van der Waals surface area contributed by atoms with Gasteiger partial charge in [-0.15, -0.1) is 0 Å². The predicted octanol–water partition coefficient (Wildman–Crippen LogP) is 4.54. The number of nitrogens with one attached hydrogen (secondary N) is 1. The number of aromatic nitrogens is 2. The van der Waals surface area contributed by atoms with Gasteiger partial charge in [-0.1, -0.05) is 40.5 Å². The van der Waals surface area contributed by atoms with E-state index in [1.54, 1.807) is 58.9 Å². The Morgan fingerprint density at radius 2 is 1.91 bits per heavy atom. The molecule has 34 heavy (non-hydrogen) atoms. The second kappa shape index (κ2) is 10.1. The summed E-state index contributed by atoms with van der Waals surface area (Å²) in [6.45, 7) is 7.80. The van der Waals surface area contributed by atoms with Gasteiger partial charge in [0.15, 0.2) is 10.7 Å². The highest BCUT2D eigenvalue weighted by atomic mass is 35.5. The highest BCUT2D eigenvalue weighted by Gasteiger charge is 2.51. The van der Waals surface area contributed by atoms with Gasteiger partial charge in [0.25, 0.3) is 11.8 Å². The van der Waals surface area contributed by atoms with E-state index in [0.717, 1.165) is 0 Å². The van der Waals surface area contributed by atoms with Crippen LogP contribution in [-0.4, -0.2) is 55.9 Å². The number of rotatable bonds is 6. The molecule has 12 heteroatoms. The molecule has 1 aromatic carbocycles. The highest BCUT2D eigenvalue weighted by molar-refractivity contribution is 6.53. The second-order valence-electron chi connectivity index (χ2n) is 9.21. The molecule has 1 aliphatic heterocycles. The topological polar surface area (TPSA) is 107 Å². The van der Waals surface area contributed by atoms with Crippen LogP contribution in [0.25, 0.3) is 11.5 Å². The van der Waals surface area contributed by atoms with Gasteiger partial charge >= 0.3 is 6.09 Å². The molecule has 3 rings (SSSR count). The summed E-state index contributed by atoms with van der Waals surface area (Å²) in [5, 5.41) is 6.41. The van der Waals surface area contributed by atoms with Gasteiger partial charge in [0, 0.05) is 5.56 Å². The van der Waals surface area contributed by atoms with Crippen molar-refractivity contribution in [1.29, 1.82) is 0 Å². The molecule has 0 aliphatic carbocycles. The van der Waals surface area contributed by atoms with Crippen LogP contribution in [0.1, 0.15) is 52.1 Å². The Bertz CT molecular complexity index is 1020. The SMILES string of the molecule is CC(C)(C)OC(=O)NCc1noc(-c2ccc([C@H]3OC(C)(C)N(C(=O)C(Cl)Cl)C3CF)cc2)n1. The predicted molar refractivity (Wildman–Crippen MR) is 123 cm³/mol. The molecule has 1 N–H and O–H groups in total. The lowest BCUT2D eigenvalue weighted by atomic mass is 10.0. The largest absolute Gasteiger partial charge is 0.444 e. The minimum atomic E-state index is -1.32. The van der Waals surface area contributed by atoms with E-state index in [2.05, 4.69) is 15.5 Å². The highest BCUT2D eigenvalue weighted by Crippen LogP contribution is 2.42. The molecule has 2 heterocycles. The quantitative estimate of drug-likeness (QED) is 0.561. The van der Waals surface area contributed by atoms with Gasteiger partial charge in [-0.3, -0.25) is 4.79 Å². The molecule has 1 unspecified atom stereocenters. The van der Waals surface area contributed by atoms with Crippen LogP contribution in [0, 0.1) is 0 Å². The van der Waals surface area contributed by atoms with Crippen LogP contribution in [0.3, 0.4) is 0 Å². The van der Waals surface area contributed by atoms with Crippen molar-refractivity contribution in [3.8, 4) is 11.5 Å². The van der Waals surface area contributed by atoms with E-state index in [1.807, 2.05) is 0 Å². The molecule has 1 fully saturated rings. The van der Waals surface area contributed by atoms with Crippen molar-refractivity contribution in [3.05, 3.63) is 35.7 Å². The lowest BCUT2D eigenvalue weighted by Gasteiger charge is -2.33. The molecule has 0 spiro atoms. The van der Waals surface area contributed by atoms with E-state index in [4.69, 9.17) is 37.2 Å². The summed E-state index contributed by atoms with van der Waals surface area (Å²) < 4.78 is 30.4. The van der Waals surface area contributed by atoms with E-state index in [0.29, 0.717) is 11.1 Å². The summed E-state index contributed by atoms with van der Waals surface area (Å²) in [5.41, 5.74) is -0.444. The van der Waals surface area contributed by atoms with Gasteiger partial charge in [0.05, 0.1) is 12.6 Å². The third-order valence-electron chi connectivity index (χ3n) is 5.00. The lowest BCUT2D eigenvalue weighted by Crippen LogP contribution is -2.50.